The second-order valence-corrected chi connectivity index (χ2v) is 7.10. The Morgan fingerprint density at radius 1 is 1.38 bits per heavy atom. The van der Waals surface area contributed by atoms with Crippen molar-refractivity contribution < 1.29 is 19.4 Å². The van der Waals surface area contributed by atoms with E-state index in [1.165, 1.54) is 0 Å². The average Bonchev–Trinajstić information content (AvgIpc) is 3.24. The maximum atomic E-state index is 12.8. The standard InChI is InChI=1S/C14H22N2O4S/c1-2-10-7-15(5-6-20-10)14(19)16-11(13(17)18)8-21-12(16)9-3-4-9/h9-12H,2-8H2,1H3,(H,17,18). The minimum atomic E-state index is -0.890. The maximum absolute atomic E-state index is 12.8. The van der Waals surface area contributed by atoms with Gasteiger partial charge in [0, 0.05) is 18.8 Å². The molecule has 0 aromatic heterocycles. The Morgan fingerprint density at radius 3 is 2.76 bits per heavy atom. The highest BCUT2D eigenvalue weighted by atomic mass is 32.2. The van der Waals surface area contributed by atoms with Gasteiger partial charge in [0.15, 0.2) is 0 Å². The van der Waals surface area contributed by atoms with Gasteiger partial charge in [-0.1, -0.05) is 6.92 Å². The van der Waals surface area contributed by atoms with Crippen LogP contribution in [0.25, 0.3) is 0 Å². The lowest BCUT2D eigenvalue weighted by Crippen LogP contribution is -2.56. The normalized spacial score (nSPS) is 33.3. The SMILES string of the molecule is CCC1CN(C(=O)N2C(C(=O)O)CSC2C2CC2)CCO1. The zero-order chi connectivity index (χ0) is 15.0. The molecule has 0 bridgehead atoms. The molecule has 7 heteroatoms. The molecule has 0 spiro atoms. The molecule has 3 fully saturated rings. The van der Waals surface area contributed by atoms with Gasteiger partial charge in [-0.15, -0.1) is 11.8 Å². The number of morpholine rings is 1. The van der Waals surface area contributed by atoms with Crippen molar-refractivity contribution in [2.24, 2.45) is 5.92 Å². The summed E-state index contributed by atoms with van der Waals surface area (Å²) in [7, 11) is 0. The highest BCUT2D eigenvalue weighted by Crippen LogP contribution is 2.45. The van der Waals surface area contributed by atoms with Crippen molar-refractivity contribution in [3.05, 3.63) is 0 Å². The molecule has 21 heavy (non-hydrogen) atoms. The van der Waals surface area contributed by atoms with Gasteiger partial charge in [-0.3, -0.25) is 4.90 Å². The van der Waals surface area contributed by atoms with Gasteiger partial charge in [0.2, 0.25) is 0 Å². The zero-order valence-electron chi connectivity index (χ0n) is 12.2. The van der Waals surface area contributed by atoms with Gasteiger partial charge in [0.25, 0.3) is 0 Å². The summed E-state index contributed by atoms with van der Waals surface area (Å²) in [6.07, 6.45) is 3.15. The highest BCUT2D eigenvalue weighted by Gasteiger charge is 2.49. The van der Waals surface area contributed by atoms with E-state index in [2.05, 4.69) is 0 Å². The Kier molecular flexibility index (Phi) is 4.31. The van der Waals surface area contributed by atoms with E-state index in [1.54, 1.807) is 21.6 Å². The van der Waals surface area contributed by atoms with E-state index in [1.807, 2.05) is 6.92 Å². The Hall–Kier alpha value is -0.950. The minimum Gasteiger partial charge on any atom is -0.480 e. The lowest BCUT2D eigenvalue weighted by molar-refractivity contribution is -0.141. The first-order valence-electron chi connectivity index (χ1n) is 7.65. The number of thioether (sulfide) groups is 1. The summed E-state index contributed by atoms with van der Waals surface area (Å²) in [5, 5.41) is 9.44. The summed E-state index contributed by atoms with van der Waals surface area (Å²) >= 11 is 1.62. The predicted octanol–water partition coefficient (Wildman–Crippen LogP) is 1.46. The van der Waals surface area contributed by atoms with Gasteiger partial charge in [-0.2, -0.15) is 0 Å². The molecule has 0 radical (unpaired) electrons. The van der Waals surface area contributed by atoms with Gasteiger partial charge in [-0.25, -0.2) is 9.59 Å². The van der Waals surface area contributed by atoms with Crippen molar-refractivity contribution in [1.82, 2.24) is 9.80 Å². The lowest BCUT2D eigenvalue weighted by Gasteiger charge is -2.37. The Balaban J connectivity index is 1.74. The number of ether oxygens (including phenoxy) is 1. The molecule has 1 aliphatic carbocycles. The molecule has 1 N–H and O–H groups in total. The van der Waals surface area contributed by atoms with Crippen LogP contribution < -0.4 is 0 Å². The number of hydrogen-bond acceptors (Lipinski definition) is 4. The molecule has 3 atom stereocenters. The van der Waals surface area contributed by atoms with Gasteiger partial charge >= 0.3 is 12.0 Å². The summed E-state index contributed by atoms with van der Waals surface area (Å²) in [5.41, 5.74) is 0. The molecule has 0 aromatic carbocycles. The molecule has 2 heterocycles. The number of aliphatic carboxylic acids is 1. The molecule has 118 valence electrons. The number of amides is 2. The van der Waals surface area contributed by atoms with E-state index >= 15 is 0 Å². The summed E-state index contributed by atoms with van der Waals surface area (Å²) < 4.78 is 5.60. The third-order valence-electron chi connectivity index (χ3n) is 4.43. The number of carbonyl (C=O) groups excluding carboxylic acids is 1. The van der Waals surface area contributed by atoms with Crippen LogP contribution in [-0.2, 0) is 9.53 Å². The molecule has 3 rings (SSSR count). The molecule has 2 amide bonds. The number of urea groups is 1. The van der Waals surface area contributed by atoms with E-state index in [-0.39, 0.29) is 17.5 Å². The fourth-order valence-corrected chi connectivity index (χ4v) is 4.63. The zero-order valence-corrected chi connectivity index (χ0v) is 13.1. The fourth-order valence-electron chi connectivity index (χ4n) is 3.01. The molecule has 0 aromatic rings. The number of carboxylic acids is 1. The number of hydrogen-bond donors (Lipinski definition) is 1. The topological polar surface area (TPSA) is 70.1 Å². The third kappa shape index (κ3) is 2.99. The minimum absolute atomic E-state index is 0.0431. The largest absolute Gasteiger partial charge is 0.480 e. The van der Waals surface area contributed by atoms with E-state index in [0.29, 0.717) is 31.4 Å². The van der Waals surface area contributed by atoms with Gasteiger partial charge in [-0.05, 0) is 25.2 Å². The van der Waals surface area contributed by atoms with Gasteiger partial charge in [0.1, 0.15) is 6.04 Å². The monoisotopic (exact) mass is 314 g/mol. The van der Waals surface area contributed by atoms with Crippen LogP contribution in [0.3, 0.4) is 0 Å². The Labute approximate surface area is 128 Å². The van der Waals surface area contributed by atoms with Crippen molar-refractivity contribution in [3.8, 4) is 0 Å². The first-order chi connectivity index (χ1) is 10.1. The third-order valence-corrected chi connectivity index (χ3v) is 5.89. The van der Waals surface area contributed by atoms with Crippen LogP contribution in [0.4, 0.5) is 4.79 Å². The quantitative estimate of drug-likeness (QED) is 0.854. The summed E-state index contributed by atoms with van der Waals surface area (Å²) in [5.74, 6) is 0.0923. The van der Waals surface area contributed by atoms with Crippen molar-refractivity contribution in [3.63, 3.8) is 0 Å². The first kappa shape index (κ1) is 15.0. The van der Waals surface area contributed by atoms with Crippen LogP contribution in [-0.4, -0.2) is 69.9 Å². The summed E-state index contributed by atoms with van der Waals surface area (Å²) in [4.78, 5) is 27.7. The predicted molar refractivity (Wildman–Crippen MR) is 79.2 cm³/mol. The number of rotatable bonds is 3. The lowest BCUT2D eigenvalue weighted by atomic mass is 10.2. The second-order valence-electron chi connectivity index (χ2n) is 5.95. The highest BCUT2D eigenvalue weighted by molar-refractivity contribution is 8.00. The van der Waals surface area contributed by atoms with E-state index in [9.17, 15) is 14.7 Å². The van der Waals surface area contributed by atoms with Crippen LogP contribution in [0, 0.1) is 5.92 Å². The summed E-state index contributed by atoms with van der Waals surface area (Å²) in [6.45, 7) is 3.70. The van der Waals surface area contributed by atoms with E-state index < -0.39 is 12.0 Å². The Morgan fingerprint density at radius 2 is 2.14 bits per heavy atom. The maximum Gasteiger partial charge on any atom is 0.327 e. The van der Waals surface area contributed by atoms with E-state index in [0.717, 1.165) is 19.3 Å². The molecule has 1 saturated carbocycles. The van der Waals surface area contributed by atoms with Crippen LogP contribution in [0.2, 0.25) is 0 Å². The van der Waals surface area contributed by atoms with Crippen molar-refractivity contribution >= 4 is 23.8 Å². The van der Waals surface area contributed by atoms with Gasteiger partial charge in [0.05, 0.1) is 18.1 Å². The van der Waals surface area contributed by atoms with Crippen molar-refractivity contribution in [1.29, 1.82) is 0 Å². The van der Waals surface area contributed by atoms with Crippen LogP contribution in [0.15, 0.2) is 0 Å². The van der Waals surface area contributed by atoms with Crippen LogP contribution in [0.1, 0.15) is 26.2 Å². The molecule has 6 nitrogen and oxygen atoms in total. The molecular formula is C14H22N2O4S. The molecular weight excluding hydrogens is 292 g/mol. The number of carboxylic acid groups (broad SMARTS) is 1. The first-order valence-corrected chi connectivity index (χ1v) is 8.70. The summed E-state index contributed by atoms with van der Waals surface area (Å²) in [6, 6.07) is -0.804. The second kappa shape index (κ2) is 6.04. The fraction of sp³-hybridized carbons (Fsp3) is 0.857. The molecule has 3 aliphatic rings. The van der Waals surface area contributed by atoms with Crippen LogP contribution >= 0.6 is 11.8 Å². The molecule has 3 unspecified atom stereocenters. The average molecular weight is 314 g/mol. The van der Waals surface area contributed by atoms with Crippen LogP contribution in [0.5, 0.6) is 0 Å². The molecule has 2 aliphatic heterocycles. The number of nitrogens with zero attached hydrogens (tertiary/aromatic N) is 2. The Bertz CT molecular complexity index is 429. The molecule has 2 saturated heterocycles. The van der Waals surface area contributed by atoms with E-state index in [4.69, 9.17) is 4.74 Å². The van der Waals surface area contributed by atoms with Gasteiger partial charge < -0.3 is 14.7 Å². The van der Waals surface area contributed by atoms with Crippen molar-refractivity contribution in [2.75, 3.05) is 25.4 Å². The smallest absolute Gasteiger partial charge is 0.327 e. The van der Waals surface area contributed by atoms with Crippen molar-refractivity contribution in [2.45, 2.75) is 43.7 Å². The number of carbonyl (C=O) groups is 2.